The summed E-state index contributed by atoms with van der Waals surface area (Å²) in [4.78, 5) is 11.8. The van der Waals surface area contributed by atoms with Crippen LogP contribution in [0, 0.1) is 12.7 Å². The van der Waals surface area contributed by atoms with Crippen molar-refractivity contribution in [1.29, 1.82) is 0 Å². The summed E-state index contributed by atoms with van der Waals surface area (Å²) in [6, 6.07) is 4.39. The first-order valence-electron chi connectivity index (χ1n) is 5.19. The molecule has 0 aliphatic heterocycles. The van der Waals surface area contributed by atoms with Crippen molar-refractivity contribution in [3.63, 3.8) is 0 Å². The van der Waals surface area contributed by atoms with Gasteiger partial charge in [0.15, 0.2) is 6.29 Å². The summed E-state index contributed by atoms with van der Waals surface area (Å²) >= 11 is 0. The van der Waals surface area contributed by atoms with Gasteiger partial charge in [-0.15, -0.1) is 0 Å². The predicted molar refractivity (Wildman–Crippen MR) is 61.3 cm³/mol. The van der Waals surface area contributed by atoms with Gasteiger partial charge < -0.3 is 14.8 Å². The zero-order chi connectivity index (χ0) is 12.8. The Morgan fingerprint density at radius 3 is 2.65 bits per heavy atom. The van der Waals surface area contributed by atoms with Gasteiger partial charge in [-0.25, -0.2) is 4.39 Å². The molecule has 1 amide bonds. The van der Waals surface area contributed by atoms with Crippen molar-refractivity contribution in [3.05, 3.63) is 35.1 Å². The number of hydrogen-bond donors (Lipinski definition) is 1. The molecule has 0 radical (unpaired) electrons. The lowest BCUT2D eigenvalue weighted by Gasteiger charge is -2.14. The maximum absolute atomic E-state index is 13.2. The number of amides is 1. The fourth-order valence-corrected chi connectivity index (χ4v) is 1.39. The number of rotatable bonds is 5. The van der Waals surface area contributed by atoms with Crippen LogP contribution in [-0.2, 0) is 9.47 Å². The predicted octanol–water partition coefficient (Wildman–Crippen LogP) is 1.48. The molecule has 0 atom stereocenters. The Morgan fingerprint density at radius 1 is 1.41 bits per heavy atom. The van der Waals surface area contributed by atoms with Crippen LogP contribution in [0.25, 0.3) is 0 Å². The number of nitrogens with one attached hydrogen (secondary N) is 1. The summed E-state index contributed by atoms with van der Waals surface area (Å²) in [5, 5.41) is 2.61. The normalized spacial score (nSPS) is 10.6. The lowest BCUT2D eigenvalue weighted by atomic mass is 10.1. The van der Waals surface area contributed by atoms with Crippen LogP contribution in [0.3, 0.4) is 0 Å². The number of halogens is 1. The van der Waals surface area contributed by atoms with Gasteiger partial charge >= 0.3 is 0 Å². The van der Waals surface area contributed by atoms with Gasteiger partial charge in [0.1, 0.15) is 5.82 Å². The van der Waals surface area contributed by atoms with Gasteiger partial charge in [-0.05, 0) is 24.6 Å². The summed E-state index contributed by atoms with van der Waals surface area (Å²) in [6.45, 7) is 1.77. The Labute approximate surface area is 99.7 Å². The third-order valence-corrected chi connectivity index (χ3v) is 2.47. The summed E-state index contributed by atoms with van der Waals surface area (Å²) in [5.41, 5.74) is 0.646. The van der Waals surface area contributed by atoms with Gasteiger partial charge in [0, 0.05) is 19.8 Å². The van der Waals surface area contributed by atoms with E-state index in [4.69, 9.17) is 9.47 Å². The van der Waals surface area contributed by atoms with Crippen molar-refractivity contribution >= 4 is 5.91 Å². The summed E-state index contributed by atoms with van der Waals surface area (Å²) < 4.78 is 23.1. The van der Waals surface area contributed by atoms with E-state index in [-0.39, 0.29) is 12.5 Å². The molecule has 0 aromatic heterocycles. The monoisotopic (exact) mass is 241 g/mol. The van der Waals surface area contributed by atoms with Gasteiger partial charge in [0.2, 0.25) is 0 Å². The van der Waals surface area contributed by atoms with Gasteiger partial charge in [-0.1, -0.05) is 6.07 Å². The number of methoxy groups -OCH3 is 2. The molecular formula is C12H16FNO3. The van der Waals surface area contributed by atoms with Crippen LogP contribution in [0.1, 0.15) is 15.9 Å². The number of carbonyl (C=O) groups is 1. The van der Waals surface area contributed by atoms with Crippen molar-refractivity contribution in [3.8, 4) is 0 Å². The van der Waals surface area contributed by atoms with E-state index in [2.05, 4.69) is 5.32 Å². The highest BCUT2D eigenvalue weighted by molar-refractivity contribution is 5.95. The molecule has 94 valence electrons. The number of ether oxygens (including phenoxy) is 2. The number of hydrogen-bond acceptors (Lipinski definition) is 3. The van der Waals surface area contributed by atoms with Crippen LogP contribution < -0.4 is 5.32 Å². The van der Waals surface area contributed by atoms with Crippen molar-refractivity contribution in [2.45, 2.75) is 13.2 Å². The minimum atomic E-state index is -0.507. The second kappa shape index (κ2) is 6.32. The first-order chi connectivity index (χ1) is 8.10. The quantitative estimate of drug-likeness (QED) is 0.794. The van der Waals surface area contributed by atoms with Crippen LogP contribution in [0.4, 0.5) is 4.39 Å². The first-order valence-corrected chi connectivity index (χ1v) is 5.19. The van der Waals surface area contributed by atoms with Crippen LogP contribution in [0.15, 0.2) is 18.2 Å². The third-order valence-electron chi connectivity index (χ3n) is 2.47. The molecule has 0 bridgehead atoms. The Bertz CT molecular complexity index is 391. The maximum atomic E-state index is 13.2. The smallest absolute Gasteiger partial charge is 0.251 e. The summed E-state index contributed by atoms with van der Waals surface area (Å²) in [6.07, 6.45) is -0.507. The highest BCUT2D eigenvalue weighted by Gasteiger charge is 2.13. The SMILES string of the molecule is COC(CNC(=O)c1cccc(F)c1C)OC. The molecule has 1 aromatic carbocycles. The lowest BCUT2D eigenvalue weighted by Crippen LogP contribution is -2.34. The second-order valence-corrected chi connectivity index (χ2v) is 3.52. The number of benzene rings is 1. The lowest BCUT2D eigenvalue weighted by molar-refractivity contribution is -0.0974. The molecule has 0 fully saturated rings. The average molecular weight is 241 g/mol. The van der Waals surface area contributed by atoms with E-state index >= 15 is 0 Å². The molecule has 0 aliphatic carbocycles. The highest BCUT2D eigenvalue weighted by atomic mass is 19.1. The molecule has 0 saturated heterocycles. The Balaban J connectivity index is 2.67. The molecule has 0 saturated carbocycles. The molecule has 0 aliphatic rings. The summed E-state index contributed by atoms with van der Waals surface area (Å²) in [7, 11) is 2.96. The van der Waals surface area contributed by atoms with Gasteiger partial charge in [-0.3, -0.25) is 4.79 Å². The average Bonchev–Trinajstić information content (AvgIpc) is 2.33. The standard InChI is InChI=1S/C12H16FNO3/c1-8-9(5-4-6-10(8)13)12(15)14-7-11(16-2)17-3/h4-6,11H,7H2,1-3H3,(H,14,15). The van der Waals surface area contributed by atoms with Gasteiger partial charge in [-0.2, -0.15) is 0 Å². The Morgan fingerprint density at radius 2 is 2.06 bits per heavy atom. The molecule has 17 heavy (non-hydrogen) atoms. The van der Waals surface area contributed by atoms with Gasteiger partial charge in [0.05, 0.1) is 6.54 Å². The largest absolute Gasteiger partial charge is 0.354 e. The van der Waals surface area contributed by atoms with Gasteiger partial charge in [0.25, 0.3) is 5.91 Å². The molecule has 1 N–H and O–H groups in total. The molecule has 1 aromatic rings. The topological polar surface area (TPSA) is 47.6 Å². The van der Waals surface area contributed by atoms with E-state index in [0.717, 1.165) is 0 Å². The number of carbonyl (C=O) groups excluding carboxylic acids is 1. The van der Waals surface area contributed by atoms with Crippen molar-refractivity contribution in [1.82, 2.24) is 5.32 Å². The molecule has 1 rings (SSSR count). The fraction of sp³-hybridized carbons (Fsp3) is 0.417. The third kappa shape index (κ3) is 3.51. The minimum absolute atomic E-state index is 0.210. The molecule has 0 unspecified atom stereocenters. The molecule has 4 nitrogen and oxygen atoms in total. The first kappa shape index (κ1) is 13.6. The van der Waals surface area contributed by atoms with Crippen molar-refractivity contribution in [2.24, 2.45) is 0 Å². The van der Waals surface area contributed by atoms with Crippen LogP contribution in [0.2, 0.25) is 0 Å². The summed E-state index contributed by atoms with van der Waals surface area (Å²) in [5.74, 6) is -0.742. The fourth-order valence-electron chi connectivity index (χ4n) is 1.39. The second-order valence-electron chi connectivity index (χ2n) is 3.52. The van der Waals surface area contributed by atoms with Crippen LogP contribution >= 0.6 is 0 Å². The molecular weight excluding hydrogens is 225 g/mol. The molecule has 0 heterocycles. The molecule has 5 heteroatoms. The minimum Gasteiger partial charge on any atom is -0.354 e. The zero-order valence-electron chi connectivity index (χ0n) is 10.1. The Hall–Kier alpha value is -1.46. The highest BCUT2D eigenvalue weighted by Crippen LogP contribution is 2.11. The van der Waals surface area contributed by atoms with E-state index in [1.807, 2.05) is 0 Å². The molecule has 0 spiro atoms. The van der Waals surface area contributed by atoms with E-state index in [0.29, 0.717) is 11.1 Å². The van der Waals surface area contributed by atoms with E-state index in [9.17, 15) is 9.18 Å². The van der Waals surface area contributed by atoms with Crippen LogP contribution in [0.5, 0.6) is 0 Å². The Kier molecular flexibility index (Phi) is 5.06. The van der Waals surface area contributed by atoms with E-state index in [1.165, 1.54) is 26.4 Å². The van der Waals surface area contributed by atoms with Crippen molar-refractivity contribution < 1.29 is 18.7 Å². The maximum Gasteiger partial charge on any atom is 0.251 e. The van der Waals surface area contributed by atoms with Crippen LogP contribution in [-0.4, -0.2) is 33.0 Å². The van der Waals surface area contributed by atoms with E-state index in [1.54, 1.807) is 13.0 Å². The van der Waals surface area contributed by atoms with E-state index < -0.39 is 12.1 Å². The van der Waals surface area contributed by atoms with Crippen molar-refractivity contribution in [2.75, 3.05) is 20.8 Å². The zero-order valence-corrected chi connectivity index (χ0v) is 10.1.